The number of rotatable bonds is 6. The molecule has 0 aliphatic rings. The van der Waals surface area contributed by atoms with E-state index in [4.69, 9.17) is 37.2 Å². The minimum absolute atomic E-state index is 0.311. The molecule has 25 heavy (non-hydrogen) atoms. The Morgan fingerprint density at radius 3 is 2.72 bits per heavy atom. The smallest absolute Gasteiger partial charge is 0.246 e. The van der Waals surface area contributed by atoms with Crippen LogP contribution in [0.1, 0.15) is 5.89 Å². The maximum Gasteiger partial charge on any atom is 0.246 e. The number of anilines is 1. The third-order valence-corrected chi connectivity index (χ3v) is 4.32. The van der Waals surface area contributed by atoms with Crippen LogP contribution in [0.4, 0.5) is 5.69 Å². The second kappa shape index (κ2) is 7.63. The fourth-order valence-corrected chi connectivity index (χ4v) is 2.60. The molecule has 0 atom stereocenters. The molecule has 0 saturated carbocycles. The highest BCUT2D eigenvalue weighted by molar-refractivity contribution is 6.43. The summed E-state index contributed by atoms with van der Waals surface area (Å²) < 4.78 is 15.8. The number of nitrogens with one attached hydrogen (secondary N) is 1. The minimum atomic E-state index is 0.311. The second-order valence-corrected chi connectivity index (χ2v) is 5.82. The molecule has 6 nitrogen and oxygen atoms in total. The first-order valence-electron chi connectivity index (χ1n) is 7.35. The van der Waals surface area contributed by atoms with Gasteiger partial charge in [0, 0.05) is 6.07 Å². The van der Waals surface area contributed by atoms with Gasteiger partial charge in [0.25, 0.3) is 0 Å². The van der Waals surface area contributed by atoms with Crippen LogP contribution in [0.5, 0.6) is 11.5 Å². The fraction of sp³-hybridized carbons (Fsp3) is 0.176. The van der Waals surface area contributed by atoms with E-state index in [9.17, 15) is 0 Å². The summed E-state index contributed by atoms with van der Waals surface area (Å²) in [5, 5.41) is 8.03. The molecule has 0 aliphatic heterocycles. The SMILES string of the molecule is COc1ccc(-c2noc(CNc3cccc(Cl)c3Cl)n2)c(OC)c1. The van der Waals surface area contributed by atoms with Crippen LogP contribution in [0.3, 0.4) is 0 Å². The van der Waals surface area contributed by atoms with Crippen LogP contribution in [0.15, 0.2) is 40.9 Å². The van der Waals surface area contributed by atoms with Crippen LogP contribution >= 0.6 is 23.2 Å². The first-order chi connectivity index (χ1) is 12.1. The third kappa shape index (κ3) is 3.81. The van der Waals surface area contributed by atoms with Gasteiger partial charge in [-0.25, -0.2) is 0 Å². The average molecular weight is 380 g/mol. The number of hydrogen-bond acceptors (Lipinski definition) is 6. The number of methoxy groups -OCH3 is 2. The summed E-state index contributed by atoms with van der Waals surface area (Å²) in [7, 11) is 3.16. The quantitative estimate of drug-likeness (QED) is 0.670. The van der Waals surface area contributed by atoms with Crippen molar-refractivity contribution >= 4 is 28.9 Å². The Bertz CT molecular complexity index is 883. The van der Waals surface area contributed by atoms with Crippen molar-refractivity contribution in [3.05, 3.63) is 52.3 Å². The van der Waals surface area contributed by atoms with Crippen LogP contribution in [0, 0.1) is 0 Å². The zero-order chi connectivity index (χ0) is 17.8. The number of ether oxygens (including phenoxy) is 2. The van der Waals surface area contributed by atoms with E-state index in [-0.39, 0.29) is 0 Å². The molecule has 0 spiro atoms. The maximum absolute atomic E-state index is 6.14. The van der Waals surface area contributed by atoms with Gasteiger partial charge < -0.3 is 19.3 Å². The van der Waals surface area contributed by atoms with Crippen molar-refractivity contribution in [1.29, 1.82) is 0 Å². The monoisotopic (exact) mass is 379 g/mol. The molecule has 0 amide bonds. The maximum atomic E-state index is 6.14. The van der Waals surface area contributed by atoms with Crippen molar-refractivity contribution in [2.45, 2.75) is 6.54 Å². The van der Waals surface area contributed by atoms with Crippen LogP contribution in [-0.2, 0) is 6.54 Å². The third-order valence-electron chi connectivity index (χ3n) is 3.50. The zero-order valence-electron chi connectivity index (χ0n) is 13.5. The van der Waals surface area contributed by atoms with E-state index in [0.717, 1.165) is 0 Å². The van der Waals surface area contributed by atoms with Crippen molar-refractivity contribution in [3.63, 3.8) is 0 Å². The van der Waals surface area contributed by atoms with Gasteiger partial charge >= 0.3 is 0 Å². The van der Waals surface area contributed by atoms with Crippen LogP contribution in [0.25, 0.3) is 11.4 Å². The predicted molar refractivity (Wildman–Crippen MR) is 96.6 cm³/mol. The van der Waals surface area contributed by atoms with Gasteiger partial charge in [0.15, 0.2) is 0 Å². The number of halogens is 2. The van der Waals surface area contributed by atoms with Gasteiger partial charge in [0.05, 0.1) is 42.1 Å². The van der Waals surface area contributed by atoms with Gasteiger partial charge in [-0.2, -0.15) is 4.98 Å². The molecule has 0 radical (unpaired) electrons. The molecule has 0 aliphatic carbocycles. The Balaban J connectivity index is 1.78. The van der Waals surface area contributed by atoms with Gasteiger partial charge in [0.2, 0.25) is 11.7 Å². The average Bonchev–Trinajstić information content (AvgIpc) is 3.11. The van der Waals surface area contributed by atoms with E-state index in [1.807, 2.05) is 12.1 Å². The van der Waals surface area contributed by atoms with Crippen molar-refractivity contribution in [3.8, 4) is 22.9 Å². The summed E-state index contributed by atoms with van der Waals surface area (Å²) >= 11 is 12.1. The van der Waals surface area contributed by atoms with E-state index in [0.29, 0.717) is 51.1 Å². The minimum Gasteiger partial charge on any atom is -0.497 e. The number of hydrogen-bond donors (Lipinski definition) is 1. The van der Waals surface area contributed by atoms with Crippen LogP contribution < -0.4 is 14.8 Å². The molecule has 130 valence electrons. The molecule has 0 bridgehead atoms. The molecule has 3 aromatic rings. The highest BCUT2D eigenvalue weighted by atomic mass is 35.5. The van der Waals surface area contributed by atoms with E-state index in [2.05, 4.69) is 15.5 Å². The summed E-state index contributed by atoms with van der Waals surface area (Å²) in [5.41, 5.74) is 1.40. The molecule has 1 heterocycles. The summed E-state index contributed by atoms with van der Waals surface area (Å²) in [6.07, 6.45) is 0. The lowest BCUT2D eigenvalue weighted by Gasteiger charge is -2.07. The Morgan fingerprint density at radius 1 is 1.12 bits per heavy atom. The standard InChI is InChI=1S/C17H15Cl2N3O3/c1-23-10-6-7-11(14(8-10)24-2)17-21-15(25-22-17)9-20-13-5-3-4-12(18)16(13)19/h3-8,20H,9H2,1-2H3. The summed E-state index contributed by atoms with van der Waals surface area (Å²) in [6.45, 7) is 0.311. The summed E-state index contributed by atoms with van der Waals surface area (Å²) in [5.74, 6) is 2.11. The first kappa shape index (κ1) is 17.4. The lowest BCUT2D eigenvalue weighted by molar-refractivity contribution is 0.382. The molecule has 8 heteroatoms. The van der Waals surface area contributed by atoms with Crippen LogP contribution in [-0.4, -0.2) is 24.4 Å². The van der Waals surface area contributed by atoms with Gasteiger partial charge in [-0.05, 0) is 24.3 Å². The molecular weight excluding hydrogens is 365 g/mol. The Hall–Kier alpha value is -2.44. The van der Waals surface area contributed by atoms with Crippen molar-refractivity contribution in [2.24, 2.45) is 0 Å². The second-order valence-electron chi connectivity index (χ2n) is 5.03. The Labute approximate surface area is 154 Å². The van der Waals surface area contributed by atoms with Crippen molar-refractivity contribution in [2.75, 3.05) is 19.5 Å². The van der Waals surface area contributed by atoms with Gasteiger partial charge in [-0.3, -0.25) is 0 Å². The highest BCUT2D eigenvalue weighted by Crippen LogP contribution is 2.32. The predicted octanol–water partition coefficient (Wildman–Crippen LogP) is 4.67. The molecule has 1 aromatic heterocycles. The van der Waals surface area contributed by atoms with Crippen LogP contribution in [0.2, 0.25) is 10.0 Å². The molecule has 3 rings (SSSR count). The molecule has 2 aromatic carbocycles. The molecular formula is C17H15Cl2N3O3. The van der Waals surface area contributed by atoms with Gasteiger partial charge in [-0.15, -0.1) is 0 Å². The number of benzene rings is 2. The summed E-state index contributed by atoms with van der Waals surface area (Å²) in [4.78, 5) is 4.37. The fourth-order valence-electron chi connectivity index (χ4n) is 2.23. The van der Waals surface area contributed by atoms with Gasteiger partial charge in [0.1, 0.15) is 11.5 Å². The molecule has 1 N–H and O–H groups in total. The first-order valence-corrected chi connectivity index (χ1v) is 8.11. The normalized spacial score (nSPS) is 10.6. The van der Waals surface area contributed by atoms with Gasteiger partial charge in [-0.1, -0.05) is 34.4 Å². The number of nitrogens with zero attached hydrogens (tertiary/aromatic N) is 2. The largest absolute Gasteiger partial charge is 0.497 e. The summed E-state index contributed by atoms with van der Waals surface area (Å²) in [6, 6.07) is 10.7. The van der Waals surface area contributed by atoms with Crippen molar-refractivity contribution in [1.82, 2.24) is 10.1 Å². The lowest BCUT2D eigenvalue weighted by atomic mass is 10.2. The van der Waals surface area contributed by atoms with E-state index in [1.165, 1.54) is 0 Å². The Kier molecular flexibility index (Phi) is 5.31. The Morgan fingerprint density at radius 2 is 1.96 bits per heavy atom. The number of aromatic nitrogens is 2. The van der Waals surface area contributed by atoms with E-state index < -0.39 is 0 Å². The molecule has 0 unspecified atom stereocenters. The zero-order valence-corrected chi connectivity index (χ0v) is 15.1. The van der Waals surface area contributed by atoms with Crippen molar-refractivity contribution < 1.29 is 14.0 Å². The van der Waals surface area contributed by atoms with E-state index >= 15 is 0 Å². The molecule has 0 saturated heterocycles. The highest BCUT2D eigenvalue weighted by Gasteiger charge is 2.14. The molecule has 0 fully saturated rings. The lowest BCUT2D eigenvalue weighted by Crippen LogP contribution is -2.00. The van der Waals surface area contributed by atoms with E-state index in [1.54, 1.807) is 38.5 Å². The topological polar surface area (TPSA) is 69.4 Å².